The highest BCUT2D eigenvalue weighted by atomic mass is 35.5. The monoisotopic (exact) mass is 150 g/mol. The van der Waals surface area contributed by atoms with E-state index in [1.165, 1.54) is 0 Å². The Morgan fingerprint density at radius 3 is 2.67 bits per heavy atom. The Labute approximate surface area is 60.6 Å². The highest BCUT2D eigenvalue weighted by Gasteiger charge is 2.10. The predicted molar refractivity (Wildman–Crippen MR) is 37.9 cm³/mol. The number of hydrogen-bond acceptors (Lipinski definition) is 1. The van der Waals surface area contributed by atoms with Crippen molar-refractivity contribution in [2.24, 2.45) is 0 Å². The maximum atomic E-state index is 10.5. The smallest absolute Gasteiger partial charge is 0.314 e. The second-order valence-corrected chi connectivity index (χ2v) is 2.09. The molecule has 3 nitrogen and oxygen atoms in total. The van der Waals surface area contributed by atoms with Gasteiger partial charge >= 0.3 is 6.03 Å². The number of nitrogens with one attached hydrogen (secondary N) is 2. The fourth-order valence-electron chi connectivity index (χ4n) is 0.749. The van der Waals surface area contributed by atoms with Gasteiger partial charge in [-0.15, -0.1) is 12.4 Å². The Kier molecular flexibility index (Phi) is 3.39. The van der Waals surface area contributed by atoms with Crippen molar-refractivity contribution < 1.29 is 4.79 Å². The Balaban J connectivity index is 0.000000640. The minimum atomic E-state index is -0.0382. The lowest BCUT2D eigenvalue weighted by molar-refractivity contribution is 0.230. The first-order valence-corrected chi connectivity index (χ1v) is 2.83. The van der Waals surface area contributed by atoms with Crippen molar-refractivity contribution in [2.45, 2.75) is 19.4 Å². The van der Waals surface area contributed by atoms with Gasteiger partial charge in [0.1, 0.15) is 0 Å². The topological polar surface area (TPSA) is 41.1 Å². The molecule has 1 rings (SSSR count). The van der Waals surface area contributed by atoms with E-state index in [1.54, 1.807) is 0 Å². The Bertz CT molecular complexity index is 107. The molecule has 4 heteroatoms. The molecule has 0 saturated carbocycles. The van der Waals surface area contributed by atoms with Crippen LogP contribution >= 0.6 is 12.4 Å². The summed E-state index contributed by atoms with van der Waals surface area (Å²) in [4.78, 5) is 10.5. The number of carbonyl (C=O) groups is 1. The van der Waals surface area contributed by atoms with E-state index in [0.717, 1.165) is 13.0 Å². The molecule has 0 spiro atoms. The van der Waals surface area contributed by atoms with E-state index >= 15 is 0 Å². The molecule has 54 valence electrons. The van der Waals surface area contributed by atoms with Crippen molar-refractivity contribution in [1.82, 2.24) is 10.6 Å². The average molecular weight is 151 g/mol. The number of urea groups is 1. The zero-order valence-corrected chi connectivity index (χ0v) is 6.12. The lowest BCUT2D eigenvalue weighted by Gasteiger charge is -2.19. The SMILES string of the molecule is CC1CCNC(=O)N1.Cl. The molecule has 0 aromatic heterocycles. The number of hydrogen-bond donors (Lipinski definition) is 2. The van der Waals surface area contributed by atoms with Crippen LogP contribution in [-0.4, -0.2) is 18.6 Å². The van der Waals surface area contributed by atoms with Crippen LogP contribution in [0, 0.1) is 0 Å². The van der Waals surface area contributed by atoms with Gasteiger partial charge in [0.25, 0.3) is 0 Å². The molecule has 1 saturated heterocycles. The van der Waals surface area contributed by atoms with Crippen molar-refractivity contribution in [1.29, 1.82) is 0 Å². The summed E-state index contributed by atoms with van der Waals surface area (Å²) in [5.74, 6) is 0. The quantitative estimate of drug-likeness (QED) is 0.519. The Morgan fingerprint density at radius 1 is 1.67 bits per heavy atom. The first-order valence-electron chi connectivity index (χ1n) is 2.83. The molecule has 1 atom stereocenters. The van der Waals surface area contributed by atoms with E-state index in [9.17, 15) is 4.79 Å². The van der Waals surface area contributed by atoms with Gasteiger partial charge in [-0.1, -0.05) is 0 Å². The van der Waals surface area contributed by atoms with E-state index in [0.29, 0.717) is 6.04 Å². The minimum Gasteiger partial charge on any atom is -0.338 e. The molecule has 0 aromatic rings. The summed E-state index contributed by atoms with van der Waals surface area (Å²) in [5.41, 5.74) is 0. The summed E-state index contributed by atoms with van der Waals surface area (Å²) < 4.78 is 0. The summed E-state index contributed by atoms with van der Waals surface area (Å²) in [6.45, 7) is 2.81. The lowest BCUT2D eigenvalue weighted by atomic mass is 10.2. The number of carbonyl (C=O) groups excluding carboxylic acids is 1. The van der Waals surface area contributed by atoms with Crippen LogP contribution < -0.4 is 10.6 Å². The number of amides is 2. The predicted octanol–water partition coefficient (Wildman–Crippen LogP) is 0.500. The van der Waals surface area contributed by atoms with Crippen LogP contribution in [0.15, 0.2) is 0 Å². The van der Waals surface area contributed by atoms with E-state index in [2.05, 4.69) is 10.6 Å². The van der Waals surface area contributed by atoms with Gasteiger partial charge in [-0.2, -0.15) is 0 Å². The van der Waals surface area contributed by atoms with E-state index in [4.69, 9.17) is 0 Å². The fourth-order valence-corrected chi connectivity index (χ4v) is 0.749. The van der Waals surface area contributed by atoms with Crippen LogP contribution in [0.3, 0.4) is 0 Å². The molecular formula is C5H11ClN2O. The number of halogens is 1. The van der Waals surface area contributed by atoms with Gasteiger partial charge in [-0.05, 0) is 13.3 Å². The van der Waals surface area contributed by atoms with Crippen LogP contribution in [0.1, 0.15) is 13.3 Å². The third kappa shape index (κ3) is 2.56. The molecule has 2 N–H and O–H groups in total. The molecule has 1 aliphatic rings. The maximum absolute atomic E-state index is 10.5. The summed E-state index contributed by atoms with van der Waals surface area (Å²) in [7, 11) is 0. The molecular weight excluding hydrogens is 140 g/mol. The molecule has 0 bridgehead atoms. The van der Waals surface area contributed by atoms with Gasteiger partial charge < -0.3 is 10.6 Å². The molecule has 2 amide bonds. The van der Waals surface area contributed by atoms with Gasteiger partial charge in [-0.25, -0.2) is 4.79 Å². The van der Waals surface area contributed by atoms with Crippen LogP contribution in [0.5, 0.6) is 0 Å². The van der Waals surface area contributed by atoms with Crippen LogP contribution in [-0.2, 0) is 0 Å². The first kappa shape index (κ1) is 8.56. The largest absolute Gasteiger partial charge is 0.338 e. The van der Waals surface area contributed by atoms with E-state index in [1.807, 2.05) is 6.92 Å². The normalized spacial score (nSPS) is 25.4. The molecule has 9 heavy (non-hydrogen) atoms. The first-order chi connectivity index (χ1) is 3.79. The summed E-state index contributed by atoms with van der Waals surface area (Å²) in [5, 5.41) is 5.39. The van der Waals surface area contributed by atoms with Crippen molar-refractivity contribution >= 4 is 18.4 Å². The Hall–Kier alpha value is -0.440. The van der Waals surface area contributed by atoms with Crippen molar-refractivity contribution in [2.75, 3.05) is 6.54 Å². The zero-order valence-electron chi connectivity index (χ0n) is 5.31. The van der Waals surface area contributed by atoms with Crippen molar-refractivity contribution in [3.8, 4) is 0 Å². The zero-order chi connectivity index (χ0) is 5.98. The van der Waals surface area contributed by atoms with Gasteiger partial charge in [-0.3, -0.25) is 0 Å². The summed E-state index contributed by atoms with van der Waals surface area (Å²) in [6, 6.07) is 0.312. The minimum absolute atomic E-state index is 0. The lowest BCUT2D eigenvalue weighted by Crippen LogP contribution is -2.47. The second kappa shape index (κ2) is 3.56. The molecule has 0 aromatic carbocycles. The molecule has 1 heterocycles. The van der Waals surface area contributed by atoms with Crippen molar-refractivity contribution in [3.63, 3.8) is 0 Å². The van der Waals surface area contributed by atoms with Gasteiger partial charge in [0.2, 0.25) is 0 Å². The number of rotatable bonds is 0. The van der Waals surface area contributed by atoms with E-state index < -0.39 is 0 Å². The maximum Gasteiger partial charge on any atom is 0.314 e. The third-order valence-corrected chi connectivity index (χ3v) is 1.24. The molecule has 0 aliphatic carbocycles. The summed E-state index contributed by atoms with van der Waals surface area (Å²) in [6.07, 6.45) is 1.03. The van der Waals surface area contributed by atoms with Crippen molar-refractivity contribution in [3.05, 3.63) is 0 Å². The third-order valence-electron chi connectivity index (χ3n) is 1.24. The second-order valence-electron chi connectivity index (χ2n) is 2.09. The van der Waals surface area contributed by atoms with Crippen LogP contribution in [0.25, 0.3) is 0 Å². The van der Waals surface area contributed by atoms with E-state index in [-0.39, 0.29) is 18.4 Å². The average Bonchev–Trinajstić information content (AvgIpc) is 1.64. The standard InChI is InChI=1S/C5H10N2O.ClH/c1-4-2-3-6-5(8)7-4;/h4H,2-3H2,1H3,(H2,6,7,8);1H. The Morgan fingerprint density at radius 2 is 2.33 bits per heavy atom. The van der Waals surface area contributed by atoms with Crippen LogP contribution in [0.2, 0.25) is 0 Å². The summed E-state index contributed by atoms with van der Waals surface area (Å²) >= 11 is 0. The fraction of sp³-hybridized carbons (Fsp3) is 0.800. The highest BCUT2D eigenvalue weighted by Crippen LogP contribution is 1.92. The van der Waals surface area contributed by atoms with Gasteiger partial charge in [0, 0.05) is 12.6 Å². The molecule has 1 unspecified atom stereocenters. The van der Waals surface area contributed by atoms with Gasteiger partial charge in [0.05, 0.1) is 0 Å². The highest BCUT2D eigenvalue weighted by molar-refractivity contribution is 5.85. The molecule has 0 radical (unpaired) electrons. The molecule has 1 fully saturated rings. The van der Waals surface area contributed by atoms with Crippen LogP contribution in [0.4, 0.5) is 4.79 Å². The molecule has 1 aliphatic heterocycles. The van der Waals surface area contributed by atoms with Gasteiger partial charge in [0.15, 0.2) is 0 Å².